The van der Waals surface area contributed by atoms with Crippen LogP contribution >= 0.6 is 11.8 Å². The van der Waals surface area contributed by atoms with E-state index < -0.39 is 0 Å². The van der Waals surface area contributed by atoms with Gasteiger partial charge < -0.3 is 0 Å². The summed E-state index contributed by atoms with van der Waals surface area (Å²) >= 11 is 1.93. The number of nitrogens with zero attached hydrogens (tertiary/aromatic N) is 1. The molecular weight excluding hydrogens is 154 g/mol. The topological polar surface area (TPSA) is 23.8 Å². The van der Waals surface area contributed by atoms with Gasteiger partial charge in [0.1, 0.15) is 0 Å². The number of thioether (sulfide) groups is 1. The van der Waals surface area contributed by atoms with Crippen LogP contribution < -0.4 is 0 Å². The van der Waals surface area contributed by atoms with Crippen LogP contribution in [0, 0.1) is 29.1 Å². The number of hydrogen-bond acceptors (Lipinski definition) is 2. The van der Waals surface area contributed by atoms with E-state index in [0.717, 1.165) is 5.75 Å². The van der Waals surface area contributed by atoms with Crippen molar-refractivity contribution in [2.24, 2.45) is 17.8 Å². The van der Waals surface area contributed by atoms with E-state index in [4.69, 9.17) is 5.26 Å². The van der Waals surface area contributed by atoms with Crippen molar-refractivity contribution in [3.8, 4) is 6.07 Å². The van der Waals surface area contributed by atoms with Crippen molar-refractivity contribution in [1.82, 2.24) is 0 Å². The van der Waals surface area contributed by atoms with Crippen molar-refractivity contribution in [3.05, 3.63) is 0 Å². The predicted octanol–water partition coefficient (Wildman–Crippen LogP) is 2.54. The van der Waals surface area contributed by atoms with Gasteiger partial charge >= 0.3 is 0 Å². The fourth-order valence-corrected chi connectivity index (χ4v) is 2.87. The van der Waals surface area contributed by atoms with Crippen LogP contribution in [0.3, 0.4) is 0 Å². The summed E-state index contributed by atoms with van der Waals surface area (Å²) in [6, 6.07) is 2.41. The van der Waals surface area contributed by atoms with Gasteiger partial charge in [0.25, 0.3) is 0 Å². The second-order valence-corrected chi connectivity index (χ2v) is 4.66. The molecule has 1 aliphatic rings. The molecule has 0 aromatic carbocycles. The van der Waals surface area contributed by atoms with E-state index >= 15 is 0 Å². The van der Waals surface area contributed by atoms with Crippen LogP contribution in [0.25, 0.3) is 0 Å². The monoisotopic (exact) mass is 169 g/mol. The predicted molar refractivity (Wildman–Crippen MR) is 49.4 cm³/mol. The van der Waals surface area contributed by atoms with Crippen molar-refractivity contribution >= 4 is 11.8 Å². The maximum atomic E-state index is 8.85. The van der Waals surface area contributed by atoms with Gasteiger partial charge in [-0.2, -0.15) is 17.0 Å². The summed E-state index contributed by atoms with van der Waals surface area (Å²) in [5.41, 5.74) is 0. The largest absolute Gasteiger partial charge is 0.198 e. The van der Waals surface area contributed by atoms with Gasteiger partial charge in [-0.3, -0.25) is 0 Å². The zero-order valence-corrected chi connectivity index (χ0v) is 8.03. The van der Waals surface area contributed by atoms with Gasteiger partial charge in [-0.05, 0) is 24.0 Å². The molecule has 0 radical (unpaired) electrons. The summed E-state index contributed by atoms with van der Waals surface area (Å²) in [4.78, 5) is 0. The van der Waals surface area contributed by atoms with Crippen LogP contribution in [0.4, 0.5) is 0 Å². The third-order valence-electron chi connectivity index (χ3n) is 2.43. The average molecular weight is 169 g/mol. The smallest absolute Gasteiger partial charge is 0.0667 e. The lowest BCUT2D eigenvalue weighted by molar-refractivity contribution is 0.307. The molecule has 2 heteroatoms. The normalized spacial score (nSPS) is 31.8. The van der Waals surface area contributed by atoms with Crippen molar-refractivity contribution in [2.45, 2.75) is 20.3 Å². The van der Waals surface area contributed by atoms with Gasteiger partial charge in [0.05, 0.1) is 12.0 Å². The highest BCUT2D eigenvalue weighted by atomic mass is 32.2. The Morgan fingerprint density at radius 3 is 2.73 bits per heavy atom. The molecule has 0 aromatic rings. The summed E-state index contributed by atoms with van der Waals surface area (Å²) in [5, 5.41) is 8.85. The molecule has 1 saturated heterocycles. The average Bonchev–Trinajstić information content (AvgIpc) is 2.04. The quantitative estimate of drug-likeness (QED) is 0.602. The van der Waals surface area contributed by atoms with E-state index in [9.17, 15) is 0 Å². The highest BCUT2D eigenvalue weighted by Crippen LogP contribution is 2.32. The Hall–Kier alpha value is -0.160. The van der Waals surface area contributed by atoms with E-state index in [1.54, 1.807) is 0 Å². The Kier molecular flexibility index (Phi) is 3.26. The third-order valence-corrected chi connectivity index (χ3v) is 3.55. The summed E-state index contributed by atoms with van der Waals surface area (Å²) in [7, 11) is 0. The van der Waals surface area contributed by atoms with Gasteiger partial charge in [0, 0.05) is 5.75 Å². The molecule has 1 heterocycles. The molecule has 1 nitrogen and oxygen atoms in total. The molecule has 11 heavy (non-hydrogen) atoms. The Balaban J connectivity index is 2.53. The fourth-order valence-electron chi connectivity index (χ4n) is 1.69. The molecule has 0 spiro atoms. The second kappa shape index (κ2) is 4.01. The van der Waals surface area contributed by atoms with Crippen molar-refractivity contribution < 1.29 is 0 Å². The molecule has 0 aliphatic carbocycles. The zero-order valence-electron chi connectivity index (χ0n) is 7.21. The summed E-state index contributed by atoms with van der Waals surface area (Å²) in [6.07, 6.45) is 1.24. The van der Waals surface area contributed by atoms with E-state index in [0.29, 0.717) is 17.8 Å². The Labute approximate surface area is 73.2 Å². The second-order valence-electron chi connectivity index (χ2n) is 3.51. The Morgan fingerprint density at radius 2 is 2.27 bits per heavy atom. The van der Waals surface area contributed by atoms with Crippen LogP contribution in [-0.2, 0) is 0 Å². The summed E-state index contributed by atoms with van der Waals surface area (Å²) in [6.45, 7) is 4.45. The van der Waals surface area contributed by atoms with Crippen LogP contribution in [0.5, 0.6) is 0 Å². The molecule has 2 unspecified atom stereocenters. The van der Waals surface area contributed by atoms with Crippen molar-refractivity contribution in [1.29, 1.82) is 5.26 Å². The van der Waals surface area contributed by atoms with Gasteiger partial charge in [0.15, 0.2) is 0 Å². The van der Waals surface area contributed by atoms with E-state index in [-0.39, 0.29) is 0 Å². The first-order valence-corrected chi connectivity index (χ1v) is 5.38. The minimum absolute atomic E-state index is 0.314. The standard InChI is InChI=1S/C9H15NS/c1-7(2)9-3-4-11-6-8(9)5-10/h7-9H,3-4,6H2,1-2H3. The number of rotatable bonds is 1. The van der Waals surface area contributed by atoms with Gasteiger partial charge in [-0.25, -0.2) is 0 Å². The minimum Gasteiger partial charge on any atom is -0.198 e. The molecule has 0 aromatic heterocycles. The maximum absolute atomic E-state index is 8.85. The first kappa shape index (κ1) is 8.93. The van der Waals surface area contributed by atoms with E-state index in [1.165, 1.54) is 12.2 Å². The molecule has 62 valence electrons. The Morgan fingerprint density at radius 1 is 1.55 bits per heavy atom. The molecule has 1 aliphatic heterocycles. The molecule has 0 bridgehead atoms. The summed E-state index contributed by atoms with van der Waals surface area (Å²) in [5.74, 6) is 3.95. The number of nitriles is 1. The van der Waals surface area contributed by atoms with Gasteiger partial charge in [-0.15, -0.1) is 0 Å². The lowest BCUT2D eigenvalue weighted by Crippen LogP contribution is -2.25. The molecule has 0 N–H and O–H groups in total. The zero-order chi connectivity index (χ0) is 8.27. The third kappa shape index (κ3) is 2.13. The molecule has 0 amide bonds. The molecule has 1 rings (SSSR count). The first-order valence-electron chi connectivity index (χ1n) is 4.23. The van der Waals surface area contributed by atoms with Crippen LogP contribution in [0.15, 0.2) is 0 Å². The van der Waals surface area contributed by atoms with E-state index in [1.807, 2.05) is 11.8 Å². The van der Waals surface area contributed by atoms with Gasteiger partial charge in [0.2, 0.25) is 0 Å². The van der Waals surface area contributed by atoms with Crippen LogP contribution in [0.2, 0.25) is 0 Å². The Bertz CT molecular complexity index is 159. The van der Waals surface area contributed by atoms with Gasteiger partial charge in [-0.1, -0.05) is 13.8 Å². The SMILES string of the molecule is CC(C)C1CCSCC1C#N. The molecule has 0 saturated carbocycles. The molecule has 2 atom stereocenters. The van der Waals surface area contributed by atoms with Crippen molar-refractivity contribution in [2.75, 3.05) is 11.5 Å². The first-order chi connectivity index (χ1) is 5.25. The minimum atomic E-state index is 0.314. The molecular formula is C9H15NS. The lowest BCUT2D eigenvalue weighted by Gasteiger charge is -2.29. The van der Waals surface area contributed by atoms with Crippen LogP contribution in [-0.4, -0.2) is 11.5 Å². The maximum Gasteiger partial charge on any atom is 0.0667 e. The summed E-state index contributed by atoms with van der Waals surface area (Å²) < 4.78 is 0. The van der Waals surface area contributed by atoms with E-state index in [2.05, 4.69) is 19.9 Å². The van der Waals surface area contributed by atoms with Crippen LogP contribution in [0.1, 0.15) is 20.3 Å². The highest BCUT2D eigenvalue weighted by molar-refractivity contribution is 7.99. The fraction of sp³-hybridized carbons (Fsp3) is 0.889. The number of hydrogen-bond donors (Lipinski definition) is 0. The lowest BCUT2D eigenvalue weighted by atomic mass is 9.83. The highest BCUT2D eigenvalue weighted by Gasteiger charge is 2.27. The van der Waals surface area contributed by atoms with Crippen molar-refractivity contribution in [3.63, 3.8) is 0 Å². The molecule has 1 fully saturated rings.